The Morgan fingerprint density at radius 2 is 1.63 bits per heavy atom. The van der Waals surface area contributed by atoms with Crippen LogP contribution < -0.4 is 10.6 Å². The van der Waals surface area contributed by atoms with Crippen molar-refractivity contribution in [1.29, 1.82) is 0 Å². The van der Waals surface area contributed by atoms with E-state index in [1.807, 2.05) is 12.1 Å². The highest BCUT2D eigenvalue weighted by Crippen LogP contribution is 2.29. The lowest BCUT2D eigenvalue weighted by Gasteiger charge is -2.19. The van der Waals surface area contributed by atoms with Crippen LogP contribution >= 0.6 is 12.2 Å². The SMILES string of the molecule is CC(C)(C)c1ccc(C(=O)NC(=S)Nc2ccccc2-c2ccc(C(=O)O)o2)cc1. The highest BCUT2D eigenvalue weighted by atomic mass is 32.1. The number of carboxylic acids is 1. The van der Waals surface area contributed by atoms with E-state index in [9.17, 15) is 9.59 Å². The number of carboxylic acid groups (broad SMARTS) is 1. The average molecular weight is 423 g/mol. The molecule has 1 heterocycles. The second-order valence-corrected chi connectivity index (χ2v) is 8.16. The number of hydrogen-bond donors (Lipinski definition) is 3. The standard InChI is InChI=1S/C23H22N2O4S/c1-23(2,3)15-10-8-14(9-11-15)20(26)25-22(30)24-17-7-5-4-6-16(17)18-12-13-19(29-18)21(27)28/h4-13H,1-3H3,(H,27,28)(H2,24,25,26,30). The summed E-state index contributed by atoms with van der Waals surface area (Å²) in [6.45, 7) is 6.32. The molecule has 0 fully saturated rings. The number of para-hydroxylation sites is 1. The number of hydrogen-bond acceptors (Lipinski definition) is 4. The number of benzene rings is 2. The van der Waals surface area contributed by atoms with Crippen LogP contribution in [0.3, 0.4) is 0 Å². The molecule has 154 valence electrons. The first-order valence-corrected chi connectivity index (χ1v) is 9.71. The fourth-order valence-electron chi connectivity index (χ4n) is 2.86. The Labute approximate surface area is 179 Å². The van der Waals surface area contributed by atoms with Crippen molar-refractivity contribution < 1.29 is 19.1 Å². The van der Waals surface area contributed by atoms with Gasteiger partial charge >= 0.3 is 5.97 Å². The van der Waals surface area contributed by atoms with Gasteiger partial charge in [0.05, 0.1) is 5.69 Å². The Balaban J connectivity index is 1.72. The minimum atomic E-state index is -1.15. The van der Waals surface area contributed by atoms with Crippen LogP contribution in [0.15, 0.2) is 65.1 Å². The topological polar surface area (TPSA) is 91.6 Å². The molecule has 0 bridgehead atoms. The third kappa shape index (κ3) is 4.93. The van der Waals surface area contributed by atoms with Crippen LogP contribution in [0.2, 0.25) is 0 Å². The summed E-state index contributed by atoms with van der Waals surface area (Å²) in [5.41, 5.74) is 2.83. The molecular formula is C23H22N2O4S. The van der Waals surface area contributed by atoms with Crippen LogP contribution in [-0.2, 0) is 5.41 Å². The number of thiocarbonyl (C=S) groups is 1. The lowest BCUT2D eigenvalue weighted by molar-refractivity contribution is 0.0663. The second kappa shape index (κ2) is 8.51. The highest BCUT2D eigenvalue weighted by molar-refractivity contribution is 7.80. The summed E-state index contributed by atoms with van der Waals surface area (Å²) < 4.78 is 5.37. The van der Waals surface area contributed by atoms with E-state index in [1.54, 1.807) is 42.5 Å². The van der Waals surface area contributed by atoms with E-state index in [0.717, 1.165) is 5.56 Å². The molecule has 3 aromatic rings. The first-order valence-electron chi connectivity index (χ1n) is 9.30. The third-order valence-electron chi connectivity index (χ3n) is 4.50. The van der Waals surface area contributed by atoms with E-state index in [2.05, 4.69) is 31.4 Å². The molecule has 0 aliphatic heterocycles. The predicted molar refractivity (Wildman–Crippen MR) is 120 cm³/mol. The summed E-state index contributed by atoms with van der Waals surface area (Å²) in [6.07, 6.45) is 0. The van der Waals surface area contributed by atoms with Gasteiger partial charge in [0.2, 0.25) is 5.76 Å². The highest BCUT2D eigenvalue weighted by Gasteiger charge is 2.16. The number of carbonyl (C=O) groups is 2. The zero-order valence-electron chi connectivity index (χ0n) is 16.9. The van der Waals surface area contributed by atoms with Gasteiger partial charge in [0.1, 0.15) is 5.76 Å². The van der Waals surface area contributed by atoms with Gasteiger partial charge in [-0.25, -0.2) is 4.79 Å². The number of aromatic carboxylic acids is 1. The van der Waals surface area contributed by atoms with Gasteiger partial charge in [-0.1, -0.05) is 45.0 Å². The number of amides is 1. The summed E-state index contributed by atoms with van der Waals surface area (Å²) in [7, 11) is 0. The monoisotopic (exact) mass is 422 g/mol. The summed E-state index contributed by atoms with van der Waals surface area (Å²) in [5, 5.41) is 14.8. The van der Waals surface area contributed by atoms with E-state index < -0.39 is 5.97 Å². The molecule has 3 rings (SSSR count). The number of rotatable bonds is 4. The van der Waals surface area contributed by atoms with E-state index in [1.165, 1.54) is 6.07 Å². The van der Waals surface area contributed by atoms with Gasteiger partial charge in [0, 0.05) is 11.1 Å². The molecule has 0 atom stereocenters. The van der Waals surface area contributed by atoms with Crippen molar-refractivity contribution in [3.63, 3.8) is 0 Å². The van der Waals surface area contributed by atoms with E-state index in [-0.39, 0.29) is 22.2 Å². The summed E-state index contributed by atoms with van der Waals surface area (Å²) in [6, 6.07) is 17.5. The van der Waals surface area contributed by atoms with Crippen LogP contribution in [0.4, 0.5) is 5.69 Å². The first kappa shape index (κ1) is 21.3. The molecule has 0 spiro atoms. The fraction of sp³-hybridized carbons (Fsp3) is 0.174. The molecule has 6 nitrogen and oxygen atoms in total. The minimum absolute atomic E-state index is 0.00191. The molecule has 0 aliphatic rings. The first-order chi connectivity index (χ1) is 14.1. The van der Waals surface area contributed by atoms with Crippen molar-refractivity contribution in [3.8, 4) is 11.3 Å². The van der Waals surface area contributed by atoms with E-state index in [4.69, 9.17) is 21.7 Å². The predicted octanol–water partition coefficient (Wildman–Crippen LogP) is 5.07. The molecule has 1 amide bonds. The van der Waals surface area contributed by atoms with Gasteiger partial charge in [-0.15, -0.1) is 0 Å². The number of furan rings is 1. The molecular weight excluding hydrogens is 400 g/mol. The number of carbonyl (C=O) groups excluding carboxylic acids is 1. The van der Waals surface area contributed by atoms with Gasteiger partial charge in [-0.3, -0.25) is 10.1 Å². The summed E-state index contributed by atoms with van der Waals surface area (Å²) >= 11 is 5.29. The lowest BCUT2D eigenvalue weighted by atomic mass is 9.87. The van der Waals surface area contributed by atoms with Crippen molar-refractivity contribution in [3.05, 3.63) is 77.6 Å². The van der Waals surface area contributed by atoms with Crippen molar-refractivity contribution in [1.82, 2.24) is 5.32 Å². The molecule has 1 aromatic heterocycles. The molecule has 7 heteroatoms. The molecule has 0 aliphatic carbocycles. The molecule has 3 N–H and O–H groups in total. The molecule has 0 saturated heterocycles. The van der Waals surface area contributed by atoms with Crippen molar-refractivity contribution in [2.45, 2.75) is 26.2 Å². The Bertz CT molecular complexity index is 1090. The largest absolute Gasteiger partial charge is 0.475 e. The van der Waals surface area contributed by atoms with E-state index in [0.29, 0.717) is 22.6 Å². The Morgan fingerprint density at radius 3 is 2.23 bits per heavy atom. The molecule has 30 heavy (non-hydrogen) atoms. The van der Waals surface area contributed by atoms with Crippen LogP contribution in [0.25, 0.3) is 11.3 Å². The van der Waals surface area contributed by atoms with Crippen molar-refractivity contribution in [2.75, 3.05) is 5.32 Å². The maximum absolute atomic E-state index is 12.5. The van der Waals surface area contributed by atoms with Crippen LogP contribution in [0.5, 0.6) is 0 Å². The van der Waals surface area contributed by atoms with Crippen LogP contribution in [-0.4, -0.2) is 22.1 Å². The average Bonchev–Trinajstić information content (AvgIpc) is 3.18. The summed E-state index contributed by atoms with van der Waals surface area (Å²) in [4.78, 5) is 23.6. The Hall–Kier alpha value is -3.45. The molecule has 0 radical (unpaired) electrons. The molecule has 0 unspecified atom stereocenters. The van der Waals surface area contributed by atoms with E-state index >= 15 is 0 Å². The zero-order chi connectivity index (χ0) is 21.9. The Kier molecular flexibility index (Phi) is 6.03. The maximum Gasteiger partial charge on any atom is 0.371 e. The minimum Gasteiger partial charge on any atom is -0.475 e. The van der Waals surface area contributed by atoms with Gasteiger partial charge in [-0.2, -0.15) is 0 Å². The van der Waals surface area contributed by atoms with Gasteiger partial charge < -0.3 is 14.8 Å². The summed E-state index contributed by atoms with van der Waals surface area (Å²) in [5.74, 6) is -1.25. The van der Waals surface area contributed by atoms with Crippen molar-refractivity contribution >= 4 is 34.9 Å². The smallest absolute Gasteiger partial charge is 0.371 e. The molecule has 2 aromatic carbocycles. The zero-order valence-corrected chi connectivity index (χ0v) is 17.7. The fourth-order valence-corrected chi connectivity index (χ4v) is 3.06. The van der Waals surface area contributed by atoms with Gasteiger partial charge in [0.15, 0.2) is 5.11 Å². The van der Waals surface area contributed by atoms with Gasteiger partial charge in [-0.05, 0) is 59.6 Å². The third-order valence-corrected chi connectivity index (χ3v) is 4.70. The Morgan fingerprint density at radius 1 is 0.967 bits per heavy atom. The van der Waals surface area contributed by atoms with Crippen molar-refractivity contribution in [2.24, 2.45) is 0 Å². The number of anilines is 1. The normalized spacial score (nSPS) is 11.0. The van der Waals surface area contributed by atoms with Crippen LogP contribution in [0, 0.1) is 0 Å². The maximum atomic E-state index is 12.5. The molecule has 0 saturated carbocycles. The van der Waals surface area contributed by atoms with Gasteiger partial charge in [0.25, 0.3) is 5.91 Å². The quantitative estimate of drug-likeness (QED) is 0.509. The van der Waals surface area contributed by atoms with Crippen LogP contribution in [0.1, 0.15) is 47.2 Å². The number of nitrogens with one attached hydrogen (secondary N) is 2. The second-order valence-electron chi connectivity index (χ2n) is 7.75. The lowest BCUT2D eigenvalue weighted by Crippen LogP contribution is -2.34.